The van der Waals surface area contributed by atoms with Crippen LogP contribution in [0.25, 0.3) is 21.9 Å². The molecule has 0 heterocycles. The molecule has 0 radical (unpaired) electrons. The van der Waals surface area contributed by atoms with Gasteiger partial charge in [-0.1, -0.05) is 80.6 Å². The quantitative estimate of drug-likeness (QED) is 0.248. The monoisotopic (exact) mass is 579 g/mol. The summed E-state index contributed by atoms with van der Waals surface area (Å²) < 4.78 is 0. The van der Waals surface area contributed by atoms with E-state index in [1.807, 2.05) is 0 Å². The Hall–Kier alpha value is -3.06. The average molecular weight is 580 g/mol. The molecule has 1 nitrogen and oxygen atoms in total. The third-order valence-electron chi connectivity index (χ3n) is 13.1. The van der Waals surface area contributed by atoms with E-state index in [4.69, 9.17) is 0 Å². The first-order chi connectivity index (χ1) is 21.5. The molecule has 44 heavy (non-hydrogen) atoms. The number of benzene rings is 4. The molecule has 10 rings (SSSR count). The third-order valence-corrected chi connectivity index (χ3v) is 13.1. The summed E-state index contributed by atoms with van der Waals surface area (Å²) in [6.45, 7) is 4.99. The van der Waals surface area contributed by atoms with Gasteiger partial charge in [0.2, 0.25) is 0 Å². The first-order valence-corrected chi connectivity index (χ1v) is 17.9. The molecule has 0 aromatic heterocycles. The Kier molecular flexibility index (Phi) is 6.34. The maximum Gasteiger partial charge on any atom is 0.0422 e. The molecular formula is C43H49N. The number of rotatable bonds is 5. The van der Waals surface area contributed by atoms with Crippen LogP contribution in [0.15, 0.2) is 84.9 Å². The number of anilines is 2. The Bertz CT molecular complexity index is 1660. The summed E-state index contributed by atoms with van der Waals surface area (Å²) in [6.07, 6.45) is 15.6. The molecule has 6 saturated carbocycles. The molecule has 6 aliphatic carbocycles. The fourth-order valence-electron chi connectivity index (χ4n) is 12.5. The normalized spacial score (nSPS) is 35.6. The molecule has 4 aromatic carbocycles. The van der Waals surface area contributed by atoms with Gasteiger partial charge in [-0.2, -0.15) is 0 Å². The zero-order chi connectivity index (χ0) is 29.5. The van der Waals surface area contributed by atoms with E-state index in [9.17, 15) is 0 Å². The minimum atomic E-state index is 0.310. The Balaban J connectivity index is 1.07. The lowest BCUT2D eigenvalue weighted by atomic mass is 9.47. The second kappa shape index (κ2) is 10.2. The predicted molar refractivity (Wildman–Crippen MR) is 186 cm³/mol. The Morgan fingerprint density at radius 2 is 1.11 bits per heavy atom. The molecule has 0 aliphatic heterocycles. The van der Waals surface area contributed by atoms with E-state index in [2.05, 4.69) is 104 Å². The van der Waals surface area contributed by atoms with Gasteiger partial charge in [-0.05, 0) is 168 Å². The van der Waals surface area contributed by atoms with Gasteiger partial charge < -0.3 is 5.32 Å². The number of para-hydroxylation sites is 1. The van der Waals surface area contributed by atoms with Crippen molar-refractivity contribution in [3.8, 4) is 11.1 Å². The van der Waals surface area contributed by atoms with Crippen molar-refractivity contribution in [2.45, 2.75) is 95.3 Å². The van der Waals surface area contributed by atoms with E-state index in [0.29, 0.717) is 10.8 Å². The van der Waals surface area contributed by atoms with Crippen LogP contribution in [0.4, 0.5) is 11.4 Å². The lowest BCUT2D eigenvalue weighted by Gasteiger charge is -2.57. The van der Waals surface area contributed by atoms with Gasteiger partial charge in [-0.15, -0.1) is 0 Å². The van der Waals surface area contributed by atoms with Crippen LogP contribution in [-0.2, 0) is 10.8 Å². The van der Waals surface area contributed by atoms with Crippen LogP contribution in [-0.4, -0.2) is 0 Å². The molecule has 6 fully saturated rings. The number of nitrogens with one attached hydrogen (secondary N) is 1. The van der Waals surface area contributed by atoms with E-state index in [0.717, 1.165) is 35.5 Å². The average Bonchev–Trinajstić information content (AvgIpc) is 2.99. The van der Waals surface area contributed by atoms with Crippen molar-refractivity contribution in [2.24, 2.45) is 35.5 Å². The zero-order valence-corrected chi connectivity index (χ0v) is 26.8. The molecule has 2 unspecified atom stereocenters. The summed E-state index contributed by atoms with van der Waals surface area (Å²) in [5.74, 6) is 5.39. The summed E-state index contributed by atoms with van der Waals surface area (Å²) in [4.78, 5) is 0. The van der Waals surface area contributed by atoms with Gasteiger partial charge in [0, 0.05) is 11.4 Å². The number of hydrogen-bond donors (Lipinski definition) is 1. The smallest absolute Gasteiger partial charge is 0.0422 e. The molecule has 1 N–H and O–H groups in total. The van der Waals surface area contributed by atoms with E-state index >= 15 is 0 Å². The highest BCUT2D eigenvalue weighted by Gasteiger charge is 2.52. The molecule has 6 bridgehead atoms. The highest BCUT2D eigenvalue weighted by molar-refractivity contribution is 5.99. The van der Waals surface area contributed by atoms with Crippen molar-refractivity contribution in [2.75, 3.05) is 5.32 Å². The van der Waals surface area contributed by atoms with Crippen molar-refractivity contribution in [3.05, 3.63) is 96.1 Å². The van der Waals surface area contributed by atoms with Crippen LogP contribution in [0.5, 0.6) is 0 Å². The van der Waals surface area contributed by atoms with Crippen LogP contribution in [0, 0.1) is 35.5 Å². The summed E-state index contributed by atoms with van der Waals surface area (Å²) >= 11 is 0. The van der Waals surface area contributed by atoms with E-state index in [1.165, 1.54) is 104 Å². The van der Waals surface area contributed by atoms with Gasteiger partial charge in [0.25, 0.3) is 0 Å². The number of hydrogen-bond acceptors (Lipinski definition) is 1. The predicted octanol–water partition coefficient (Wildman–Crippen LogP) is 11.8. The molecule has 4 aromatic rings. The maximum atomic E-state index is 3.96. The fourth-order valence-corrected chi connectivity index (χ4v) is 12.5. The minimum absolute atomic E-state index is 0.310. The van der Waals surface area contributed by atoms with E-state index < -0.39 is 0 Å². The van der Waals surface area contributed by atoms with Gasteiger partial charge in [0.05, 0.1) is 0 Å². The van der Waals surface area contributed by atoms with Crippen molar-refractivity contribution in [1.29, 1.82) is 0 Å². The summed E-state index contributed by atoms with van der Waals surface area (Å²) in [5.41, 5.74) is 9.12. The van der Waals surface area contributed by atoms with Crippen LogP contribution < -0.4 is 5.32 Å². The van der Waals surface area contributed by atoms with Crippen molar-refractivity contribution in [1.82, 2.24) is 0 Å². The SMILES string of the molecule is CC1C[C@@H]2C[C@H](C)CC(c3ccccc3Nc3cccc(-c4ccc([C@]56CC7CC(C[C@H](C7)C5)C6)c5ccccc45)c3)(C1)C2. The Morgan fingerprint density at radius 1 is 0.523 bits per heavy atom. The third kappa shape index (κ3) is 4.47. The summed E-state index contributed by atoms with van der Waals surface area (Å²) in [7, 11) is 0. The fraction of sp³-hybridized carbons (Fsp3) is 0.488. The lowest BCUT2D eigenvalue weighted by molar-refractivity contribution is -0.00449. The molecule has 0 spiro atoms. The summed E-state index contributed by atoms with van der Waals surface area (Å²) in [6, 6.07) is 32.8. The molecule has 6 aliphatic rings. The van der Waals surface area contributed by atoms with Crippen molar-refractivity contribution >= 4 is 22.1 Å². The highest BCUT2D eigenvalue weighted by Crippen LogP contribution is 2.62. The van der Waals surface area contributed by atoms with Crippen LogP contribution >= 0.6 is 0 Å². The van der Waals surface area contributed by atoms with E-state index in [1.54, 1.807) is 11.1 Å². The van der Waals surface area contributed by atoms with Crippen molar-refractivity contribution in [3.63, 3.8) is 0 Å². The molecule has 4 atom stereocenters. The highest BCUT2D eigenvalue weighted by atomic mass is 14.9. The van der Waals surface area contributed by atoms with Gasteiger partial charge in [-0.3, -0.25) is 0 Å². The Morgan fingerprint density at radius 3 is 1.82 bits per heavy atom. The van der Waals surface area contributed by atoms with Crippen molar-refractivity contribution < 1.29 is 0 Å². The molecule has 1 heteroatoms. The van der Waals surface area contributed by atoms with Gasteiger partial charge in [-0.25, -0.2) is 0 Å². The summed E-state index contributed by atoms with van der Waals surface area (Å²) in [5, 5.41) is 6.88. The Labute approximate surface area is 264 Å². The second-order valence-corrected chi connectivity index (χ2v) is 16.6. The first-order valence-electron chi connectivity index (χ1n) is 17.9. The minimum Gasteiger partial charge on any atom is -0.355 e. The largest absolute Gasteiger partial charge is 0.355 e. The lowest BCUT2D eigenvalue weighted by Crippen LogP contribution is -2.48. The zero-order valence-electron chi connectivity index (χ0n) is 26.8. The van der Waals surface area contributed by atoms with Crippen LogP contribution in [0.2, 0.25) is 0 Å². The van der Waals surface area contributed by atoms with E-state index in [-0.39, 0.29) is 0 Å². The van der Waals surface area contributed by atoms with Crippen LogP contribution in [0.3, 0.4) is 0 Å². The van der Waals surface area contributed by atoms with Crippen LogP contribution in [0.1, 0.15) is 95.6 Å². The van der Waals surface area contributed by atoms with Gasteiger partial charge in [0.1, 0.15) is 0 Å². The van der Waals surface area contributed by atoms with Gasteiger partial charge in [0.15, 0.2) is 0 Å². The maximum absolute atomic E-state index is 3.96. The standard InChI is InChI=1S/C43H49N/c1-28-16-30-17-29(2)23-42(22-28,24-30)40-12-5-6-13-41(40)44-35-9-7-8-34(21-35)36-14-15-39(38-11-4-3-10-37(36)38)43-25-31-18-32(26-43)20-33(19-31)27-43/h3-15,21,28-33,44H,16-20,22-27H2,1-2H3/t28-,29?,30-,31-,32?,33?,42?,43-/m0/s1. The molecule has 0 saturated heterocycles. The second-order valence-electron chi connectivity index (χ2n) is 16.6. The topological polar surface area (TPSA) is 12.0 Å². The van der Waals surface area contributed by atoms with Gasteiger partial charge >= 0.3 is 0 Å². The molecular weight excluding hydrogens is 530 g/mol. The number of fused-ring (bicyclic) bond motifs is 3. The molecule has 0 amide bonds. The molecule has 226 valence electrons. The first kappa shape index (κ1) is 27.3.